The quantitative estimate of drug-likeness (QED) is 0.776. The Labute approximate surface area is 108 Å². The van der Waals surface area contributed by atoms with E-state index in [2.05, 4.69) is 5.32 Å². The number of hydrogen-bond donors (Lipinski definition) is 2. The third kappa shape index (κ3) is 2.85. The molecule has 0 bridgehead atoms. The van der Waals surface area contributed by atoms with Crippen LogP contribution in [-0.4, -0.2) is 37.4 Å². The van der Waals surface area contributed by atoms with Crippen LogP contribution in [0.1, 0.15) is 44.9 Å². The zero-order valence-corrected chi connectivity index (χ0v) is 11.5. The second-order valence-electron chi connectivity index (χ2n) is 5.56. The van der Waals surface area contributed by atoms with E-state index in [1.54, 1.807) is 0 Å². The van der Waals surface area contributed by atoms with Gasteiger partial charge in [0, 0.05) is 6.54 Å². The molecule has 0 aromatic carbocycles. The number of carbonyl (C=O) groups is 1. The van der Waals surface area contributed by atoms with Crippen LogP contribution in [0.15, 0.2) is 0 Å². The van der Waals surface area contributed by atoms with Crippen molar-refractivity contribution in [3.8, 4) is 0 Å². The summed E-state index contributed by atoms with van der Waals surface area (Å²) < 4.78 is 23.3. The van der Waals surface area contributed by atoms with Gasteiger partial charge in [-0.2, -0.15) is 0 Å². The van der Waals surface area contributed by atoms with E-state index in [-0.39, 0.29) is 18.2 Å². The van der Waals surface area contributed by atoms with Crippen molar-refractivity contribution < 1.29 is 13.2 Å². The zero-order chi connectivity index (χ0) is 13.2. The van der Waals surface area contributed by atoms with Crippen LogP contribution in [0.4, 0.5) is 0 Å². The normalized spacial score (nSPS) is 29.9. The summed E-state index contributed by atoms with van der Waals surface area (Å²) in [4.78, 5) is 12.1. The van der Waals surface area contributed by atoms with E-state index in [9.17, 15) is 13.2 Å². The molecule has 1 unspecified atom stereocenters. The molecule has 3 N–H and O–H groups in total. The summed E-state index contributed by atoms with van der Waals surface area (Å²) in [7, 11) is -2.99. The highest BCUT2D eigenvalue weighted by Crippen LogP contribution is 2.26. The Bertz CT molecular complexity index is 413. The van der Waals surface area contributed by atoms with Crippen LogP contribution < -0.4 is 11.1 Å². The van der Waals surface area contributed by atoms with Gasteiger partial charge in [-0.25, -0.2) is 8.42 Å². The largest absolute Gasteiger partial charge is 0.353 e. The minimum atomic E-state index is -2.99. The highest BCUT2D eigenvalue weighted by Gasteiger charge is 2.37. The Morgan fingerprint density at radius 2 is 1.89 bits per heavy atom. The number of carbonyl (C=O) groups excluding carboxylic acids is 1. The number of sulfone groups is 1. The molecule has 6 heteroatoms. The molecular formula is C12H22N2O3S. The van der Waals surface area contributed by atoms with Crippen LogP contribution in [-0.2, 0) is 14.6 Å². The lowest BCUT2D eigenvalue weighted by atomic mass is 9.82. The van der Waals surface area contributed by atoms with Crippen molar-refractivity contribution >= 4 is 15.7 Å². The highest BCUT2D eigenvalue weighted by atomic mass is 32.2. The molecule has 18 heavy (non-hydrogen) atoms. The molecule has 0 aromatic heterocycles. The predicted molar refractivity (Wildman–Crippen MR) is 69.8 cm³/mol. The third-order valence-corrected chi connectivity index (χ3v) is 6.43. The fourth-order valence-corrected chi connectivity index (χ4v) is 4.65. The molecule has 1 amide bonds. The van der Waals surface area contributed by atoms with Gasteiger partial charge in [0.1, 0.15) is 0 Å². The molecule has 2 fully saturated rings. The van der Waals surface area contributed by atoms with E-state index < -0.39 is 20.6 Å². The summed E-state index contributed by atoms with van der Waals surface area (Å²) >= 11 is 0. The zero-order valence-electron chi connectivity index (χ0n) is 10.7. The maximum atomic E-state index is 12.1. The lowest BCUT2D eigenvalue weighted by molar-refractivity contribution is -0.127. The number of nitrogens with one attached hydrogen (secondary N) is 1. The third-order valence-electron chi connectivity index (χ3n) is 4.15. The van der Waals surface area contributed by atoms with Gasteiger partial charge < -0.3 is 11.1 Å². The lowest BCUT2D eigenvalue weighted by Gasteiger charge is -2.32. The Morgan fingerprint density at radius 3 is 2.44 bits per heavy atom. The van der Waals surface area contributed by atoms with E-state index in [1.165, 1.54) is 0 Å². The first-order valence-corrected chi connectivity index (χ1v) is 8.44. The summed E-state index contributed by atoms with van der Waals surface area (Å²) in [5, 5.41) is 2.34. The Kier molecular flexibility index (Phi) is 3.96. The average molecular weight is 274 g/mol. The Morgan fingerprint density at radius 1 is 1.22 bits per heavy atom. The van der Waals surface area contributed by atoms with E-state index in [0.29, 0.717) is 25.7 Å². The van der Waals surface area contributed by atoms with Crippen LogP contribution >= 0.6 is 0 Å². The van der Waals surface area contributed by atoms with Gasteiger partial charge in [0.25, 0.3) is 0 Å². The average Bonchev–Trinajstić information content (AvgIpc) is 2.66. The first-order chi connectivity index (χ1) is 8.44. The van der Waals surface area contributed by atoms with Gasteiger partial charge >= 0.3 is 0 Å². The molecule has 5 nitrogen and oxygen atoms in total. The van der Waals surface area contributed by atoms with E-state index in [0.717, 1.165) is 19.3 Å². The van der Waals surface area contributed by atoms with Crippen LogP contribution in [0, 0.1) is 0 Å². The molecule has 0 spiro atoms. The maximum absolute atomic E-state index is 12.1. The van der Waals surface area contributed by atoms with Crippen LogP contribution in [0.3, 0.4) is 0 Å². The molecule has 1 saturated carbocycles. The second kappa shape index (κ2) is 5.17. The van der Waals surface area contributed by atoms with Gasteiger partial charge in [0.05, 0.1) is 16.5 Å². The molecule has 0 aromatic rings. The van der Waals surface area contributed by atoms with Crippen molar-refractivity contribution in [3.63, 3.8) is 0 Å². The Hall–Kier alpha value is -0.620. The van der Waals surface area contributed by atoms with Crippen LogP contribution in [0.5, 0.6) is 0 Å². The van der Waals surface area contributed by atoms with Crippen LogP contribution in [0.2, 0.25) is 0 Å². The monoisotopic (exact) mass is 274 g/mol. The number of hydrogen-bond acceptors (Lipinski definition) is 4. The minimum Gasteiger partial charge on any atom is -0.353 e. The van der Waals surface area contributed by atoms with Crippen molar-refractivity contribution in [2.75, 3.05) is 12.3 Å². The fourth-order valence-electron chi connectivity index (χ4n) is 2.88. The number of nitrogens with two attached hydrogens (primary N) is 1. The maximum Gasteiger partial charge on any atom is 0.240 e. The highest BCUT2D eigenvalue weighted by molar-refractivity contribution is 7.92. The van der Waals surface area contributed by atoms with Crippen molar-refractivity contribution in [2.24, 2.45) is 5.73 Å². The lowest BCUT2D eigenvalue weighted by Crippen LogP contribution is -2.56. The smallest absolute Gasteiger partial charge is 0.240 e. The Balaban J connectivity index is 1.88. The summed E-state index contributed by atoms with van der Waals surface area (Å²) in [6.07, 6.45) is 5.85. The van der Waals surface area contributed by atoms with Gasteiger partial charge in [0.15, 0.2) is 9.84 Å². The molecular weight excluding hydrogens is 252 g/mol. The van der Waals surface area contributed by atoms with Crippen LogP contribution in [0.25, 0.3) is 0 Å². The molecule has 1 atom stereocenters. The summed E-state index contributed by atoms with van der Waals surface area (Å²) in [5.74, 6) is 0.0747. The summed E-state index contributed by atoms with van der Waals surface area (Å²) in [5.41, 5.74) is 5.32. The van der Waals surface area contributed by atoms with Gasteiger partial charge in [-0.1, -0.05) is 19.3 Å². The van der Waals surface area contributed by atoms with Gasteiger partial charge in [-0.3, -0.25) is 4.79 Å². The predicted octanol–water partition coefficient (Wildman–Crippen LogP) is 0.341. The van der Waals surface area contributed by atoms with Crippen molar-refractivity contribution in [1.82, 2.24) is 5.32 Å². The molecule has 2 rings (SSSR count). The molecule has 1 aliphatic heterocycles. The first kappa shape index (κ1) is 13.8. The first-order valence-electron chi connectivity index (χ1n) is 6.73. The number of rotatable bonds is 3. The standard InChI is InChI=1S/C12H22N2O3S/c13-12(6-2-1-3-7-12)11(15)14-9-10-5-4-8-18(10,16)17/h10H,1-9,13H2,(H,14,15). The molecule has 2 aliphatic rings. The topological polar surface area (TPSA) is 89.3 Å². The second-order valence-corrected chi connectivity index (χ2v) is 7.96. The SMILES string of the molecule is NC1(C(=O)NCC2CCCS2(=O)=O)CCCCC1. The minimum absolute atomic E-state index is 0.177. The fraction of sp³-hybridized carbons (Fsp3) is 0.917. The van der Waals surface area contributed by atoms with Crippen molar-refractivity contribution in [1.29, 1.82) is 0 Å². The molecule has 1 heterocycles. The molecule has 0 radical (unpaired) electrons. The van der Waals surface area contributed by atoms with E-state index in [1.807, 2.05) is 0 Å². The summed E-state index contributed by atoms with van der Waals surface area (Å²) in [6.45, 7) is 0.222. The van der Waals surface area contributed by atoms with Gasteiger partial charge in [-0.15, -0.1) is 0 Å². The summed E-state index contributed by atoms with van der Waals surface area (Å²) in [6, 6.07) is 0. The van der Waals surface area contributed by atoms with E-state index in [4.69, 9.17) is 5.73 Å². The molecule has 1 saturated heterocycles. The van der Waals surface area contributed by atoms with Gasteiger partial charge in [-0.05, 0) is 25.7 Å². The van der Waals surface area contributed by atoms with Crippen molar-refractivity contribution in [2.45, 2.75) is 55.7 Å². The number of amides is 1. The van der Waals surface area contributed by atoms with Gasteiger partial charge in [0.2, 0.25) is 5.91 Å². The molecule has 1 aliphatic carbocycles. The molecule has 104 valence electrons. The van der Waals surface area contributed by atoms with Crippen molar-refractivity contribution in [3.05, 3.63) is 0 Å². The van der Waals surface area contributed by atoms with E-state index >= 15 is 0 Å².